The molecule has 0 aliphatic heterocycles. The first-order valence-electron chi connectivity index (χ1n) is 6.43. The van der Waals surface area contributed by atoms with Gasteiger partial charge in [0.2, 0.25) is 0 Å². The average molecular weight is 296 g/mol. The number of thiocarbonyl (C=S) groups is 1. The lowest BCUT2D eigenvalue weighted by Gasteiger charge is -2.22. The van der Waals surface area contributed by atoms with Gasteiger partial charge in [0, 0.05) is 28.6 Å². The highest BCUT2D eigenvalue weighted by Crippen LogP contribution is 2.32. The first-order chi connectivity index (χ1) is 9.15. The highest BCUT2D eigenvalue weighted by atomic mass is 32.2. The van der Waals surface area contributed by atoms with Crippen molar-refractivity contribution in [3.8, 4) is 5.75 Å². The lowest BCUT2D eigenvalue weighted by atomic mass is 10.1. The molecular weight excluding hydrogens is 276 g/mol. The number of thioether (sulfide) groups is 1. The summed E-state index contributed by atoms with van der Waals surface area (Å²) in [4.78, 5) is 0.420. The van der Waals surface area contributed by atoms with Gasteiger partial charge in [-0.1, -0.05) is 18.6 Å². The van der Waals surface area contributed by atoms with Crippen LogP contribution in [-0.2, 0) is 0 Å². The molecule has 5 heteroatoms. The Labute approximate surface area is 124 Å². The van der Waals surface area contributed by atoms with Gasteiger partial charge < -0.3 is 15.8 Å². The van der Waals surface area contributed by atoms with Gasteiger partial charge in [-0.15, -0.1) is 0 Å². The topological polar surface area (TPSA) is 47.3 Å². The second-order valence-electron chi connectivity index (χ2n) is 4.73. The predicted molar refractivity (Wildman–Crippen MR) is 87.4 cm³/mol. The van der Waals surface area contributed by atoms with E-state index in [0.717, 1.165) is 17.0 Å². The number of rotatable bonds is 5. The van der Waals surface area contributed by atoms with Gasteiger partial charge in [-0.05, 0) is 31.2 Å². The summed E-state index contributed by atoms with van der Waals surface area (Å²) < 4.78 is 5.28. The molecule has 2 atom stereocenters. The summed E-state index contributed by atoms with van der Waals surface area (Å²) in [5.74, 6) is 0.821. The van der Waals surface area contributed by atoms with Crippen molar-refractivity contribution in [2.24, 2.45) is 5.73 Å². The molecule has 1 saturated carbocycles. The second kappa shape index (κ2) is 6.48. The third kappa shape index (κ3) is 3.34. The zero-order chi connectivity index (χ0) is 13.8. The molecule has 2 unspecified atom stereocenters. The van der Waals surface area contributed by atoms with Crippen molar-refractivity contribution < 1.29 is 4.74 Å². The van der Waals surface area contributed by atoms with Crippen LogP contribution in [0.15, 0.2) is 18.2 Å². The van der Waals surface area contributed by atoms with Gasteiger partial charge in [-0.25, -0.2) is 0 Å². The van der Waals surface area contributed by atoms with Crippen molar-refractivity contribution in [1.29, 1.82) is 0 Å². The maximum absolute atomic E-state index is 5.79. The Kier molecular flexibility index (Phi) is 4.93. The molecular formula is C14H20N2OS2. The van der Waals surface area contributed by atoms with Crippen LogP contribution >= 0.6 is 24.0 Å². The van der Waals surface area contributed by atoms with Gasteiger partial charge in [0.1, 0.15) is 10.7 Å². The molecule has 3 N–H and O–H groups in total. The lowest BCUT2D eigenvalue weighted by Crippen LogP contribution is -2.27. The van der Waals surface area contributed by atoms with E-state index in [-0.39, 0.29) is 0 Å². The van der Waals surface area contributed by atoms with Gasteiger partial charge in [-0.3, -0.25) is 0 Å². The summed E-state index contributed by atoms with van der Waals surface area (Å²) in [5, 5.41) is 4.26. The zero-order valence-corrected chi connectivity index (χ0v) is 12.9. The van der Waals surface area contributed by atoms with Crippen LogP contribution in [0.4, 0.5) is 5.69 Å². The summed E-state index contributed by atoms with van der Waals surface area (Å²) in [6, 6.07) is 6.27. The van der Waals surface area contributed by atoms with E-state index in [1.807, 2.05) is 30.0 Å². The minimum absolute atomic E-state index is 0.420. The molecule has 1 fully saturated rings. The molecule has 0 saturated heterocycles. The van der Waals surface area contributed by atoms with Gasteiger partial charge in [0.15, 0.2) is 0 Å². The Bertz CT molecular complexity index is 465. The summed E-state index contributed by atoms with van der Waals surface area (Å²) in [6.07, 6.45) is 5.91. The van der Waals surface area contributed by atoms with Crippen molar-refractivity contribution in [1.82, 2.24) is 0 Å². The van der Waals surface area contributed by atoms with E-state index >= 15 is 0 Å². The number of nitrogens with two attached hydrogens (primary N) is 1. The van der Waals surface area contributed by atoms with E-state index in [1.54, 1.807) is 7.11 Å². The third-order valence-electron chi connectivity index (χ3n) is 3.59. The summed E-state index contributed by atoms with van der Waals surface area (Å²) in [5.41, 5.74) is 7.67. The van der Waals surface area contributed by atoms with Crippen molar-refractivity contribution in [3.05, 3.63) is 23.8 Å². The van der Waals surface area contributed by atoms with E-state index in [9.17, 15) is 0 Å². The Morgan fingerprint density at radius 3 is 2.89 bits per heavy atom. The van der Waals surface area contributed by atoms with Gasteiger partial charge in [0.25, 0.3) is 0 Å². The molecule has 2 rings (SSSR count). The number of nitrogens with one attached hydrogen (secondary N) is 1. The fraction of sp³-hybridized carbons (Fsp3) is 0.500. The van der Waals surface area contributed by atoms with E-state index < -0.39 is 0 Å². The van der Waals surface area contributed by atoms with Crippen molar-refractivity contribution >= 4 is 34.7 Å². The predicted octanol–water partition coefficient (Wildman–Crippen LogP) is 3.03. The number of hydrogen-bond donors (Lipinski definition) is 2. The highest BCUT2D eigenvalue weighted by Gasteiger charge is 2.27. The van der Waals surface area contributed by atoms with Crippen LogP contribution in [0.25, 0.3) is 0 Å². The van der Waals surface area contributed by atoms with Crippen LogP contribution < -0.4 is 15.8 Å². The molecule has 3 nitrogen and oxygen atoms in total. The number of benzene rings is 1. The lowest BCUT2D eigenvalue weighted by molar-refractivity contribution is 0.415. The normalized spacial score (nSPS) is 22.2. The standard InChI is InChI=1S/C14H20N2OS2/c1-17-9-6-7-10(14(15)18)12(8-9)16-11-4-3-5-13(11)19-2/h6-8,11,13,16H,3-5H2,1-2H3,(H2,15,18). The molecule has 1 aliphatic carbocycles. The Morgan fingerprint density at radius 2 is 2.26 bits per heavy atom. The van der Waals surface area contributed by atoms with Crippen LogP contribution in [0.5, 0.6) is 5.75 Å². The monoisotopic (exact) mass is 296 g/mol. The van der Waals surface area contributed by atoms with Crippen LogP contribution in [0, 0.1) is 0 Å². The molecule has 0 radical (unpaired) electrons. The van der Waals surface area contributed by atoms with Gasteiger partial charge >= 0.3 is 0 Å². The summed E-state index contributed by atoms with van der Waals surface area (Å²) in [6.45, 7) is 0. The van der Waals surface area contributed by atoms with Crippen LogP contribution in [0.1, 0.15) is 24.8 Å². The molecule has 19 heavy (non-hydrogen) atoms. The zero-order valence-electron chi connectivity index (χ0n) is 11.3. The SMILES string of the molecule is COc1ccc(C(N)=S)c(NC2CCCC2SC)c1. The average Bonchev–Trinajstić information content (AvgIpc) is 2.85. The molecule has 0 spiro atoms. The molecule has 104 valence electrons. The number of methoxy groups -OCH3 is 1. The smallest absolute Gasteiger partial charge is 0.120 e. The van der Waals surface area contributed by atoms with Crippen molar-refractivity contribution in [2.45, 2.75) is 30.6 Å². The fourth-order valence-electron chi connectivity index (χ4n) is 2.56. The van der Waals surface area contributed by atoms with Gasteiger partial charge in [0.05, 0.1) is 7.11 Å². The van der Waals surface area contributed by atoms with Crippen molar-refractivity contribution in [3.63, 3.8) is 0 Å². The van der Waals surface area contributed by atoms with E-state index in [1.165, 1.54) is 19.3 Å². The Hall–Kier alpha value is -0.940. The van der Waals surface area contributed by atoms with E-state index in [2.05, 4.69) is 11.6 Å². The minimum Gasteiger partial charge on any atom is -0.497 e. The van der Waals surface area contributed by atoms with E-state index in [4.69, 9.17) is 22.7 Å². The fourth-order valence-corrected chi connectivity index (χ4v) is 3.67. The Morgan fingerprint density at radius 1 is 1.47 bits per heavy atom. The highest BCUT2D eigenvalue weighted by molar-refractivity contribution is 7.99. The number of ether oxygens (including phenoxy) is 1. The maximum Gasteiger partial charge on any atom is 0.120 e. The maximum atomic E-state index is 5.79. The van der Waals surface area contributed by atoms with Gasteiger partial charge in [-0.2, -0.15) is 11.8 Å². The summed E-state index contributed by atoms with van der Waals surface area (Å²) >= 11 is 7.05. The molecule has 1 aromatic rings. The first-order valence-corrected chi connectivity index (χ1v) is 8.12. The van der Waals surface area contributed by atoms with Crippen molar-refractivity contribution in [2.75, 3.05) is 18.7 Å². The quantitative estimate of drug-likeness (QED) is 0.818. The second-order valence-corrected chi connectivity index (χ2v) is 6.25. The minimum atomic E-state index is 0.420. The Balaban J connectivity index is 2.24. The van der Waals surface area contributed by atoms with Crippen LogP contribution in [-0.4, -0.2) is 29.6 Å². The van der Waals surface area contributed by atoms with E-state index in [0.29, 0.717) is 16.3 Å². The number of hydrogen-bond acceptors (Lipinski definition) is 4. The molecule has 0 aromatic heterocycles. The largest absolute Gasteiger partial charge is 0.497 e. The van der Waals surface area contributed by atoms with Crippen LogP contribution in [0.2, 0.25) is 0 Å². The molecule has 1 aliphatic rings. The molecule has 0 heterocycles. The third-order valence-corrected chi connectivity index (χ3v) is 4.98. The molecule has 0 amide bonds. The first kappa shape index (κ1) is 14.5. The molecule has 0 bridgehead atoms. The number of anilines is 1. The molecule has 1 aromatic carbocycles. The van der Waals surface area contributed by atoms with Crippen LogP contribution in [0.3, 0.4) is 0 Å². The summed E-state index contributed by atoms with van der Waals surface area (Å²) in [7, 11) is 1.67.